The van der Waals surface area contributed by atoms with Gasteiger partial charge in [0, 0.05) is 17.5 Å². The topological polar surface area (TPSA) is 57.1 Å². The van der Waals surface area contributed by atoms with Crippen LogP contribution >= 0.6 is 23.1 Å². The van der Waals surface area contributed by atoms with Gasteiger partial charge in [-0.3, -0.25) is 10.2 Å². The number of hydrogen-bond acceptors (Lipinski definition) is 5. The largest absolute Gasteiger partial charge is 0.278 e. The Labute approximate surface area is 183 Å². The van der Waals surface area contributed by atoms with Crippen molar-refractivity contribution in [1.29, 1.82) is 5.41 Å². The molecule has 4 nitrogen and oxygen atoms in total. The third kappa shape index (κ3) is 3.64. The van der Waals surface area contributed by atoms with Crippen LogP contribution in [0.5, 0.6) is 0 Å². The number of thiazole rings is 1. The highest BCUT2D eigenvalue weighted by atomic mass is 32.2. The molecular weight excluding hydrogens is 410 g/mol. The number of anilines is 1. The van der Waals surface area contributed by atoms with E-state index in [1.165, 1.54) is 44.3 Å². The highest BCUT2D eigenvalue weighted by Crippen LogP contribution is 2.36. The monoisotopic (exact) mass is 429 g/mol. The fourth-order valence-electron chi connectivity index (χ4n) is 3.74. The second kappa shape index (κ2) is 8.05. The van der Waals surface area contributed by atoms with E-state index in [-0.39, 0.29) is 16.3 Å². The lowest BCUT2D eigenvalue weighted by atomic mass is 10.0. The maximum atomic E-state index is 13.0. The van der Waals surface area contributed by atoms with Crippen LogP contribution in [-0.2, 0) is 17.6 Å². The normalized spacial score (nSPS) is 16.5. The summed E-state index contributed by atoms with van der Waals surface area (Å²) in [5.41, 5.74) is 2.34. The van der Waals surface area contributed by atoms with Crippen molar-refractivity contribution >= 4 is 50.1 Å². The van der Waals surface area contributed by atoms with Gasteiger partial charge in [-0.2, -0.15) is 0 Å². The van der Waals surface area contributed by atoms with Crippen LogP contribution in [0.4, 0.5) is 5.13 Å². The number of rotatable bonds is 5. The molecule has 0 aliphatic carbocycles. The van der Waals surface area contributed by atoms with Gasteiger partial charge in [0.2, 0.25) is 5.91 Å². The molecule has 148 valence electrons. The molecule has 1 aliphatic rings. The van der Waals surface area contributed by atoms with Crippen molar-refractivity contribution in [2.75, 3.05) is 4.90 Å². The van der Waals surface area contributed by atoms with E-state index < -0.39 is 0 Å². The quantitative estimate of drug-likeness (QED) is 0.455. The van der Waals surface area contributed by atoms with Crippen LogP contribution in [0.25, 0.3) is 10.8 Å². The number of amides is 1. The zero-order chi connectivity index (χ0) is 20.5. The molecule has 6 heteroatoms. The minimum atomic E-state index is -0.273. The third-order valence-electron chi connectivity index (χ3n) is 5.19. The molecule has 1 aliphatic heterocycles. The number of thioether (sulfide) groups is 1. The summed E-state index contributed by atoms with van der Waals surface area (Å²) in [4.78, 5) is 20.0. The molecule has 4 aromatic rings. The first-order valence-electron chi connectivity index (χ1n) is 9.73. The van der Waals surface area contributed by atoms with E-state index in [0.29, 0.717) is 11.6 Å². The Bertz CT molecular complexity index is 1230. The molecule has 1 atom stereocenters. The fourth-order valence-corrected chi connectivity index (χ4v) is 5.77. The molecule has 1 amide bonds. The molecule has 3 aromatic carbocycles. The number of aromatic nitrogens is 1. The molecule has 1 N–H and O–H groups in total. The maximum absolute atomic E-state index is 13.0. The molecule has 0 unspecified atom stereocenters. The van der Waals surface area contributed by atoms with Crippen molar-refractivity contribution in [3.63, 3.8) is 0 Å². The number of carbonyl (C=O) groups is 1. The maximum Gasteiger partial charge on any atom is 0.248 e. The molecule has 0 saturated carbocycles. The molecule has 0 bridgehead atoms. The Morgan fingerprint density at radius 3 is 2.60 bits per heavy atom. The van der Waals surface area contributed by atoms with E-state index in [2.05, 4.69) is 41.4 Å². The van der Waals surface area contributed by atoms with Crippen molar-refractivity contribution in [3.05, 3.63) is 95.0 Å². The first-order chi connectivity index (χ1) is 14.7. The number of nitrogens with zero attached hydrogens (tertiary/aromatic N) is 2. The Morgan fingerprint density at radius 1 is 0.967 bits per heavy atom. The van der Waals surface area contributed by atoms with Crippen molar-refractivity contribution < 1.29 is 4.79 Å². The Kier molecular flexibility index (Phi) is 5.11. The molecule has 0 radical (unpaired) electrons. The van der Waals surface area contributed by atoms with Gasteiger partial charge in [0.25, 0.3) is 0 Å². The van der Waals surface area contributed by atoms with Gasteiger partial charge in [-0.15, -0.1) is 11.3 Å². The highest BCUT2D eigenvalue weighted by Gasteiger charge is 2.39. The Balaban J connectivity index is 1.36. The van der Waals surface area contributed by atoms with Crippen molar-refractivity contribution in [1.82, 2.24) is 4.98 Å². The van der Waals surface area contributed by atoms with Gasteiger partial charge < -0.3 is 0 Å². The van der Waals surface area contributed by atoms with Crippen LogP contribution in [0, 0.1) is 5.41 Å². The first-order valence-corrected chi connectivity index (χ1v) is 11.4. The zero-order valence-electron chi connectivity index (χ0n) is 16.1. The van der Waals surface area contributed by atoms with Crippen LogP contribution in [0.1, 0.15) is 16.0 Å². The predicted octanol–water partition coefficient (Wildman–Crippen LogP) is 5.51. The van der Waals surface area contributed by atoms with E-state index in [1.807, 2.05) is 42.6 Å². The number of nitrogens with one attached hydrogen (secondary N) is 1. The fraction of sp³-hybridized carbons (Fsp3) is 0.125. The number of hydrogen-bond donors (Lipinski definition) is 1. The van der Waals surface area contributed by atoms with Gasteiger partial charge in [0.1, 0.15) is 0 Å². The molecule has 1 saturated heterocycles. The Hall–Kier alpha value is -2.96. The summed E-state index contributed by atoms with van der Waals surface area (Å²) in [6.45, 7) is 0. The summed E-state index contributed by atoms with van der Waals surface area (Å²) in [6, 6.07) is 24.6. The van der Waals surface area contributed by atoms with E-state index >= 15 is 0 Å². The molecule has 1 fully saturated rings. The lowest BCUT2D eigenvalue weighted by Gasteiger charge is -2.11. The summed E-state index contributed by atoms with van der Waals surface area (Å²) in [7, 11) is 0. The average molecular weight is 430 g/mol. The number of amidine groups is 1. The second-order valence-electron chi connectivity index (χ2n) is 7.20. The summed E-state index contributed by atoms with van der Waals surface area (Å²) >= 11 is 2.80. The second-order valence-corrected chi connectivity index (χ2v) is 9.48. The first kappa shape index (κ1) is 19.0. The van der Waals surface area contributed by atoms with E-state index in [4.69, 9.17) is 5.41 Å². The van der Waals surface area contributed by atoms with E-state index in [9.17, 15) is 4.79 Å². The van der Waals surface area contributed by atoms with E-state index in [1.54, 1.807) is 0 Å². The lowest BCUT2D eigenvalue weighted by molar-refractivity contribution is -0.116. The van der Waals surface area contributed by atoms with Crippen LogP contribution in [0.3, 0.4) is 0 Å². The summed E-state index contributed by atoms with van der Waals surface area (Å²) < 4.78 is 0. The van der Waals surface area contributed by atoms with Crippen molar-refractivity contribution in [3.8, 4) is 0 Å². The number of benzene rings is 3. The highest BCUT2D eigenvalue weighted by molar-refractivity contribution is 8.16. The minimum absolute atomic E-state index is 0.0556. The predicted molar refractivity (Wildman–Crippen MR) is 126 cm³/mol. The lowest BCUT2D eigenvalue weighted by Crippen LogP contribution is -2.32. The third-order valence-corrected chi connectivity index (χ3v) is 7.24. The van der Waals surface area contributed by atoms with Crippen LogP contribution in [0.2, 0.25) is 0 Å². The van der Waals surface area contributed by atoms with Crippen LogP contribution < -0.4 is 4.90 Å². The SMILES string of the molecule is N=C1S[C@H](Cc2ccccc2)C(=O)N1c1ncc(Cc2cccc3ccccc23)s1. The van der Waals surface area contributed by atoms with Gasteiger partial charge in [-0.1, -0.05) is 84.6 Å². The summed E-state index contributed by atoms with van der Waals surface area (Å²) in [6.07, 6.45) is 3.21. The van der Waals surface area contributed by atoms with Crippen LogP contribution in [0.15, 0.2) is 79.0 Å². The van der Waals surface area contributed by atoms with Crippen molar-refractivity contribution in [2.24, 2.45) is 0 Å². The van der Waals surface area contributed by atoms with E-state index in [0.717, 1.165) is 16.9 Å². The molecule has 2 heterocycles. The zero-order valence-corrected chi connectivity index (χ0v) is 17.7. The number of fused-ring (bicyclic) bond motifs is 1. The summed E-state index contributed by atoms with van der Waals surface area (Å²) in [5.74, 6) is -0.0556. The van der Waals surface area contributed by atoms with Gasteiger partial charge in [0.15, 0.2) is 10.3 Å². The van der Waals surface area contributed by atoms with Gasteiger partial charge in [-0.05, 0) is 28.3 Å². The molecular formula is C24H19N3OS2. The molecule has 30 heavy (non-hydrogen) atoms. The van der Waals surface area contributed by atoms with Gasteiger partial charge in [-0.25, -0.2) is 9.88 Å². The van der Waals surface area contributed by atoms with Crippen molar-refractivity contribution in [2.45, 2.75) is 18.1 Å². The molecule has 5 rings (SSSR count). The van der Waals surface area contributed by atoms with Gasteiger partial charge >= 0.3 is 0 Å². The average Bonchev–Trinajstić information content (AvgIpc) is 3.32. The smallest absolute Gasteiger partial charge is 0.248 e. The molecule has 0 spiro atoms. The van der Waals surface area contributed by atoms with Gasteiger partial charge in [0.05, 0.1) is 5.25 Å². The molecule has 1 aromatic heterocycles. The number of carbonyl (C=O) groups excluding carboxylic acids is 1. The minimum Gasteiger partial charge on any atom is -0.278 e. The van der Waals surface area contributed by atoms with Crippen LogP contribution in [-0.4, -0.2) is 21.3 Å². The Morgan fingerprint density at radius 2 is 1.73 bits per heavy atom. The standard InChI is InChI=1S/C24H19N3OS2/c25-23-27(22(28)21(30-23)13-16-7-2-1-3-8-16)24-26-15-19(29-24)14-18-11-6-10-17-9-4-5-12-20(17)18/h1-12,15,21,25H,13-14H2/t21-/m1/s1. The summed E-state index contributed by atoms with van der Waals surface area (Å²) in [5, 5.41) is 11.4.